The van der Waals surface area contributed by atoms with E-state index < -0.39 is 0 Å². The summed E-state index contributed by atoms with van der Waals surface area (Å²) in [7, 11) is 0. The van der Waals surface area contributed by atoms with E-state index in [4.69, 9.17) is 9.97 Å². The van der Waals surface area contributed by atoms with Crippen LogP contribution in [-0.4, -0.2) is 9.97 Å². The standard InChI is InChI=1S/C40H26N2S/c1-4-13-27(14-5-1)30-23-31(33-20-12-21-35-34-19-10-11-22-38(34)43-39(33)35)25-32(24-30)37-26-36(28-15-6-2-7-16-28)41-40(42-37)29-17-8-3-9-18-29/h1-26H. The number of thiophene rings is 1. The molecule has 0 aliphatic carbocycles. The van der Waals surface area contributed by atoms with E-state index in [9.17, 15) is 0 Å². The fourth-order valence-electron chi connectivity index (χ4n) is 5.77. The monoisotopic (exact) mass is 566 g/mol. The summed E-state index contributed by atoms with van der Waals surface area (Å²) in [6.07, 6.45) is 0. The van der Waals surface area contributed by atoms with Crippen LogP contribution in [0, 0.1) is 0 Å². The molecule has 0 radical (unpaired) electrons. The molecule has 6 aromatic carbocycles. The predicted octanol–water partition coefficient (Wildman–Crippen LogP) is 11.2. The Labute approximate surface area is 254 Å². The molecule has 0 aliphatic heterocycles. The van der Waals surface area contributed by atoms with Gasteiger partial charge in [0.1, 0.15) is 0 Å². The largest absolute Gasteiger partial charge is 0.228 e. The third kappa shape index (κ3) is 4.80. The van der Waals surface area contributed by atoms with E-state index in [1.54, 1.807) is 0 Å². The number of hydrogen-bond acceptors (Lipinski definition) is 3. The lowest BCUT2D eigenvalue weighted by Crippen LogP contribution is -1.96. The van der Waals surface area contributed by atoms with Gasteiger partial charge in [0, 0.05) is 36.9 Å². The molecule has 8 rings (SSSR count). The predicted molar refractivity (Wildman–Crippen MR) is 182 cm³/mol. The Kier molecular flexibility index (Phi) is 6.36. The zero-order valence-electron chi connectivity index (χ0n) is 23.3. The normalized spacial score (nSPS) is 11.3. The van der Waals surface area contributed by atoms with Crippen LogP contribution in [0.25, 0.3) is 76.3 Å². The number of nitrogens with zero attached hydrogens (tertiary/aromatic N) is 2. The number of fused-ring (bicyclic) bond motifs is 3. The van der Waals surface area contributed by atoms with Crippen LogP contribution in [0.1, 0.15) is 0 Å². The second-order valence-corrected chi connectivity index (χ2v) is 11.7. The third-order valence-electron chi connectivity index (χ3n) is 7.88. The van der Waals surface area contributed by atoms with Crippen molar-refractivity contribution in [2.24, 2.45) is 0 Å². The highest BCUT2D eigenvalue weighted by Crippen LogP contribution is 2.42. The van der Waals surface area contributed by atoms with Gasteiger partial charge in [-0.25, -0.2) is 9.97 Å². The van der Waals surface area contributed by atoms with Crippen LogP contribution in [0.4, 0.5) is 0 Å². The number of rotatable bonds is 5. The molecule has 0 fully saturated rings. The van der Waals surface area contributed by atoms with Crippen LogP contribution >= 0.6 is 11.3 Å². The van der Waals surface area contributed by atoms with E-state index in [-0.39, 0.29) is 0 Å². The molecule has 0 aliphatic rings. The fourth-order valence-corrected chi connectivity index (χ4v) is 7.01. The van der Waals surface area contributed by atoms with Gasteiger partial charge in [0.15, 0.2) is 5.82 Å². The van der Waals surface area contributed by atoms with Crippen molar-refractivity contribution in [3.8, 4) is 56.2 Å². The molecule has 0 unspecified atom stereocenters. The van der Waals surface area contributed by atoms with Gasteiger partial charge < -0.3 is 0 Å². The Morgan fingerprint density at radius 3 is 1.67 bits per heavy atom. The van der Waals surface area contributed by atoms with E-state index in [2.05, 4.69) is 133 Å². The molecule has 8 aromatic rings. The van der Waals surface area contributed by atoms with E-state index in [0.29, 0.717) is 0 Å². The molecule has 3 heteroatoms. The van der Waals surface area contributed by atoms with Gasteiger partial charge in [-0.1, -0.05) is 127 Å². The van der Waals surface area contributed by atoms with Crippen LogP contribution in [0.5, 0.6) is 0 Å². The van der Waals surface area contributed by atoms with Gasteiger partial charge >= 0.3 is 0 Å². The van der Waals surface area contributed by atoms with Gasteiger partial charge in [-0.15, -0.1) is 11.3 Å². The number of aromatic nitrogens is 2. The topological polar surface area (TPSA) is 25.8 Å². The summed E-state index contributed by atoms with van der Waals surface area (Å²) < 4.78 is 2.61. The summed E-state index contributed by atoms with van der Waals surface area (Å²) in [6.45, 7) is 0. The van der Waals surface area contributed by atoms with E-state index in [1.165, 1.54) is 36.9 Å². The summed E-state index contributed by atoms with van der Waals surface area (Å²) in [5.41, 5.74) is 9.67. The maximum absolute atomic E-state index is 5.16. The lowest BCUT2D eigenvalue weighted by atomic mass is 9.94. The Hall–Kier alpha value is -5.38. The SMILES string of the molecule is c1ccc(-c2cc(-c3cc(-c4ccccc4)nc(-c4ccccc4)n3)cc(-c3cccc4c3sc3ccccc34)c2)cc1. The molecule has 2 nitrogen and oxygen atoms in total. The highest BCUT2D eigenvalue weighted by atomic mass is 32.1. The Balaban J connectivity index is 1.38. The zero-order valence-corrected chi connectivity index (χ0v) is 24.1. The van der Waals surface area contributed by atoms with E-state index >= 15 is 0 Å². The van der Waals surface area contributed by atoms with Crippen molar-refractivity contribution in [2.45, 2.75) is 0 Å². The van der Waals surface area contributed by atoms with Crippen molar-refractivity contribution in [1.29, 1.82) is 0 Å². The molecule has 2 aromatic heterocycles. The number of hydrogen-bond donors (Lipinski definition) is 0. The average Bonchev–Trinajstić information content (AvgIpc) is 3.48. The van der Waals surface area contributed by atoms with Gasteiger partial charge in [0.05, 0.1) is 11.4 Å². The first-order valence-corrected chi connectivity index (χ1v) is 15.2. The lowest BCUT2D eigenvalue weighted by Gasteiger charge is -2.13. The van der Waals surface area contributed by atoms with Crippen LogP contribution in [-0.2, 0) is 0 Å². The first-order chi connectivity index (χ1) is 21.3. The average molecular weight is 567 g/mol. The van der Waals surface area contributed by atoms with Crippen LogP contribution < -0.4 is 0 Å². The van der Waals surface area contributed by atoms with Crippen molar-refractivity contribution >= 4 is 31.5 Å². The first kappa shape index (κ1) is 25.3. The fraction of sp³-hybridized carbons (Fsp3) is 0. The summed E-state index contributed by atoms with van der Waals surface area (Å²) in [5.74, 6) is 0.718. The van der Waals surface area contributed by atoms with Crippen molar-refractivity contribution in [1.82, 2.24) is 9.97 Å². The molecule has 0 atom stereocenters. The summed E-state index contributed by atoms with van der Waals surface area (Å²) in [4.78, 5) is 10.2. The molecule has 0 spiro atoms. The Bertz CT molecular complexity index is 2160. The van der Waals surface area contributed by atoms with Crippen LogP contribution in [0.3, 0.4) is 0 Å². The molecule has 0 saturated carbocycles. The molecular weight excluding hydrogens is 541 g/mol. The lowest BCUT2D eigenvalue weighted by molar-refractivity contribution is 1.18. The second-order valence-electron chi connectivity index (χ2n) is 10.6. The van der Waals surface area contributed by atoms with E-state index in [0.717, 1.165) is 39.5 Å². The quantitative estimate of drug-likeness (QED) is 0.207. The van der Waals surface area contributed by atoms with E-state index in [1.807, 2.05) is 35.6 Å². The van der Waals surface area contributed by atoms with Crippen molar-refractivity contribution < 1.29 is 0 Å². The van der Waals surface area contributed by atoms with Crippen LogP contribution in [0.15, 0.2) is 158 Å². The Morgan fingerprint density at radius 1 is 0.372 bits per heavy atom. The summed E-state index contributed by atoms with van der Waals surface area (Å²) in [5, 5.41) is 2.60. The van der Waals surface area contributed by atoms with Gasteiger partial charge in [-0.3, -0.25) is 0 Å². The third-order valence-corrected chi connectivity index (χ3v) is 9.10. The maximum Gasteiger partial charge on any atom is 0.160 e. The molecule has 0 N–H and O–H groups in total. The van der Waals surface area contributed by atoms with Crippen molar-refractivity contribution in [3.63, 3.8) is 0 Å². The molecule has 202 valence electrons. The second kappa shape index (κ2) is 10.8. The number of benzene rings is 6. The van der Waals surface area contributed by atoms with Gasteiger partial charge in [0.25, 0.3) is 0 Å². The first-order valence-electron chi connectivity index (χ1n) is 14.4. The van der Waals surface area contributed by atoms with Crippen molar-refractivity contribution in [2.75, 3.05) is 0 Å². The summed E-state index contributed by atoms with van der Waals surface area (Å²) >= 11 is 1.86. The van der Waals surface area contributed by atoms with Gasteiger partial charge in [-0.2, -0.15) is 0 Å². The Morgan fingerprint density at radius 2 is 0.930 bits per heavy atom. The smallest absolute Gasteiger partial charge is 0.160 e. The molecule has 43 heavy (non-hydrogen) atoms. The highest BCUT2D eigenvalue weighted by Gasteiger charge is 2.15. The zero-order chi connectivity index (χ0) is 28.6. The maximum atomic E-state index is 5.16. The molecule has 0 bridgehead atoms. The minimum absolute atomic E-state index is 0.718. The summed E-state index contributed by atoms with van der Waals surface area (Å²) in [6, 6.07) is 55.5. The molecular formula is C40H26N2S. The van der Waals surface area contributed by atoms with Gasteiger partial charge in [-0.05, 0) is 52.6 Å². The van der Waals surface area contributed by atoms with Crippen molar-refractivity contribution in [3.05, 3.63) is 158 Å². The minimum Gasteiger partial charge on any atom is -0.228 e. The minimum atomic E-state index is 0.718. The molecule has 0 amide bonds. The van der Waals surface area contributed by atoms with Gasteiger partial charge in [0.2, 0.25) is 0 Å². The van der Waals surface area contributed by atoms with Crippen LogP contribution in [0.2, 0.25) is 0 Å². The molecule has 0 saturated heterocycles. The highest BCUT2D eigenvalue weighted by molar-refractivity contribution is 7.26. The molecule has 2 heterocycles.